The molecule has 100 valence electrons. The molecular formula is C12H15F2NO3. The molecule has 4 nitrogen and oxygen atoms in total. The number of rotatable bonds is 5. The van der Waals surface area contributed by atoms with Gasteiger partial charge in [-0.2, -0.15) is 0 Å². The molecule has 0 N–H and O–H groups in total. The summed E-state index contributed by atoms with van der Waals surface area (Å²) in [5.74, 6) is -0.400. The molecule has 0 bridgehead atoms. The van der Waals surface area contributed by atoms with E-state index in [-0.39, 0.29) is 35.7 Å². The lowest BCUT2D eigenvalue weighted by atomic mass is 10.1. The van der Waals surface area contributed by atoms with Crippen molar-refractivity contribution in [2.45, 2.75) is 26.7 Å². The average Bonchev–Trinajstić information content (AvgIpc) is 2.31. The van der Waals surface area contributed by atoms with Gasteiger partial charge in [-0.05, 0) is 19.9 Å². The first kappa shape index (κ1) is 14.3. The highest BCUT2D eigenvalue weighted by atomic mass is 19.3. The summed E-state index contributed by atoms with van der Waals surface area (Å²) in [6.07, 6.45) is -2.78. The number of pyridine rings is 1. The monoisotopic (exact) mass is 259 g/mol. The topological polar surface area (TPSA) is 48.4 Å². The molecule has 0 fully saturated rings. The lowest BCUT2D eigenvalue weighted by Crippen LogP contribution is -2.10. The Labute approximate surface area is 104 Å². The highest BCUT2D eigenvalue weighted by Crippen LogP contribution is 2.28. The number of methoxy groups -OCH3 is 1. The first-order valence-electron chi connectivity index (χ1n) is 5.47. The van der Waals surface area contributed by atoms with E-state index in [0.717, 1.165) is 0 Å². The summed E-state index contributed by atoms with van der Waals surface area (Å²) in [5.41, 5.74) is 0.312. The highest BCUT2D eigenvalue weighted by Gasteiger charge is 2.18. The zero-order chi connectivity index (χ0) is 13.7. The minimum atomic E-state index is -2.64. The number of aromatic nitrogens is 1. The Morgan fingerprint density at radius 1 is 1.50 bits per heavy atom. The van der Waals surface area contributed by atoms with Crippen LogP contribution in [0.5, 0.6) is 5.88 Å². The third kappa shape index (κ3) is 3.38. The van der Waals surface area contributed by atoms with Crippen LogP contribution in [-0.2, 0) is 16.0 Å². The maximum absolute atomic E-state index is 12.8. The fourth-order valence-electron chi connectivity index (χ4n) is 1.53. The van der Waals surface area contributed by atoms with Gasteiger partial charge in [0.2, 0.25) is 5.88 Å². The third-order valence-electron chi connectivity index (χ3n) is 2.38. The maximum Gasteiger partial charge on any atom is 0.311 e. The van der Waals surface area contributed by atoms with E-state index in [1.165, 1.54) is 20.1 Å². The molecule has 0 aromatic carbocycles. The van der Waals surface area contributed by atoms with E-state index in [2.05, 4.69) is 4.98 Å². The molecule has 0 unspecified atom stereocenters. The zero-order valence-electron chi connectivity index (χ0n) is 10.5. The van der Waals surface area contributed by atoms with E-state index >= 15 is 0 Å². The first-order valence-corrected chi connectivity index (χ1v) is 5.47. The number of halogens is 2. The molecule has 0 aliphatic heterocycles. The fraction of sp³-hybridized carbons (Fsp3) is 0.500. The van der Waals surface area contributed by atoms with E-state index < -0.39 is 12.4 Å². The van der Waals surface area contributed by atoms with E-state index in [1.807, 2.05) is 0 Å². The van der Waals surface area contributed by atoms with Gasteiger partial charge in [0.25, 0.3) is 6.43 Å². The van der Waals surface area contributed by atoms with Crippen LogP contribution < -0.4 is 4.74 Å². The molecular weight excluding hydrogens is 244 g/mol. The van der Waals surface area contributed by atoms with E-state index in [4.69, 9.17) is 9.47 Å². The summed E-state index contributed by atoms with van der Waals surface area (Å²) < 4.78 is 35.3. The van der Waals surface area contributed by atoms with Crippen molar-refractivity contribution in [1.82, 2.24) is 4.98 Å². The molecule has 0 atom stereocenters. The molecule has 18 heavy (non-hydrogen) atoms. The molecule has 1 aromatic heterocycles. The van der Waals surface area contributed by atoms with Crippen LogP contribution in [0, 0.1) is 6.92 Å². The number of carbonyl (C=O) groups excluding carboxylic acids is 1. The minimum Gasteiger partial charge on any atom is -0.481 e. The van der Waals surface area contributed by atoms with E-state index in [9.17, 15) is 13.6 Å². The first-order chi connectivity index (χ1) is 8.49. The van der Waals surface area contributed by atoms with Crippen molar-refractivity contribution in [2.24, 2.45) is 0 Å². The molecule has 0 saturated carbocycles. The van der Waals surface area contributed by atoms with Crippen molar-refractivity contribution in [3.05, 3.63) is 22.9 Å². The van der Waals surface area contributed by atoms with Gasteiger partial charge in [0, 0.05) is 11.1 Å². The van der Waals surface area contributed by atoms with Gasteiger partial charge in [-0.3, -0.25) is 4.79 Å². The van der Waals surface area contributed by atoms with Gasteiger partial charge >= 0.3 is 5.97 Å². The number of carbonyl (C=O) groups is 1. The molecule has 0 radical (unpaired) electrons. The predicted molar refractivity (Wildman–Crippen MR) is 60.8 cm³/mol. The quantitative estimate of drug-likeness (QED) is 0.762. The molecule has 0 aliphatic carbocycles. The standard InChI is InChI=1S/C12H15F2NO3/c1-4-18-10(16)6-8-5-9(11(13)14)7(2)12(15-8)17-3/h5,11H,4,6H2,1-3H3. The van der Waals surface area contributed by atoms with Crippen molar-refractivity contribution >= 4 is 5.97 Å². The number of hydrogen-bond acceptors (Lipinski definition) is 4. The third-order valence-corrected chi connectivity index (χ3v) is 2.38. The van der Waals surface area contributed by atoms with Crippen LogP contribution in [0.4, 0.5) is 8.78 Å². The Kier molecular flexibility index (Phi) is 5.00. The van der Waals surface area contributed by atoms with E-state index in [0.29, 0.717) is 0 Å². The van der Waals surface area contributed by atoms with Crippen molar-refractivity contribution in [3.63, 3.8) is 0 Å². The van der Waals surface area contributed by atoms with Gasteiger partial charge in [0.05, 0.1) is 25.8 Å². The van der Waals surface area contributed by atoms with Crippen LogP contribution in [0.15, 0.2) is 6.07 Å². The van der Waals surface area contributed by atoms with Crippen LogP contribution in [-0.4, -0.2) is 24.7 Å². The molecule has 0 spiro atoms. The molecule has 0 amide bonds. The molecule has 1 heterocycles. The Morgan fingerprint density at radius 3 is 2.67 bits per heavy atom. The Hall–Kier alpha value is -1.72. The van der Waals surface area contributed by atoms with Crippen molar-refractivity contribution in [3.8, 4) is 5.88 Å². The van der Waals surface area contributed by atoms with Gasteiger partial charge in [-0.15, -0.1) is 0 Å². The van der Waals surface area contributed by atoms with Crippen LogP contribution in [0.3, 0.4) is 0 Å². The summed E-state index contributed by atoms with van der Waals surface area (Å²) in [7, 11) is 1.35. The lowest BCUT2D eigenvalue weighted by molar-refractivity contribution is -0.142. The Balaban J connectivity index is 3.06. The largest absolute Gasteiger partial charge is 0.481 e. The second-order valence-corrected chi connectivity index (χ2v) is 3.62. The summed E-state index contributed by atoms with van der Waals surface area (Å²) in [6, 6.07) is 1.21. The van der Waals surface area contributed by atoms with Crippen molar-refractivity contribution in [2.75, 3.05) is 13.7 Å². The number of hydrogen-bond donors (Lipinski definition) is 0. The van der Waals surface area contributed by atoms with Crippen LogP contribution >= 0.6 is 0 Å². The van der Waals surface area contributed by atoms with Crippen LogP contribution in [0.25, 0.3) is 0 Å². The number of esters is 1. The SMILES string of the molecule is CCOC(=O)Cc1cc(C(F)F)c(C)c(OC)n1. The van der Waals surface area contributed by atoms with Crippen LogP contribution in [0.1, 0.15) is 30.2 Å². The molecule has 6 heteroatoms. The van der Waals surface area contributed by atoms with Gasteiger partial charge in [0.15, 0.2) is 0 Å². The predicted octanol–water partition coefficient (Wildman–Crippen LogP) is 2.44. The lowest BCUT2D eigenvalue weighted by Gasteiger charge is -2.11. The number of ether oxygens (including phenoxy) is 2. The van der Waals surface area contributed by atoms with Gasteiger partial charge in [-0.25, -0.2) is 13.8 Å². The second kappa shape index (κ2) is 6.28. The Morgan fingerprint density at radius 2 is 2.17 bits per heavy atom. The molecule has 1 rings (SSSR count). The summed E-state index contributed by atoms with van der Waals surface area (Å²) in [6.45, 7) is 3.41. The van der Waals surface area contributed by atoms with Gasteiger partial charge in [-0.1, -0.05) is 0 Å². The minimum absolute atomic E-state index is 0.104. The fourth-order valence-corrected chi connectivity index (χ4v) is 1.53. The zero-order valence-corrected chi connectivity index (χ0v) is 10.5. The molecule has 0 aliphatic rings. The van der Waals surface area contributed by atoms with Crippen LogP contribution in [0.2, 0.25) is 0 Å². The Bertz CT molecular complexity index is 436. The van der Waals surface area contributed by atoms with Gasteiger partial charge < -0.3 is 9.47 Å². The summed E-state index contributed by atoms with van der Waals surface area (Å²) in [4.78, 5) is 15.3. The number of alkyl halides is 2. The van der Waals surface area contributed by atoms with Crippen molar-refractivity contribution < 1.29 is 23.0 Å². The second-order valence-electron chi connectivity index (χ2n) is 3.62. The highest BCUT2D eigenvalue weighted by molar-refractivity contribution is 5.72. The summed E-state index contributed by atoms with van der Waals surface area (Å²) in [5, 5.41) is 0. The van der Waals surface area contributed by atoms with E-state index in [1.54, 1.807) is 6.92 Å². The number of nitrogens with zero attached hydrogens (tertiary/aromatic N) is 1. The molecule has 0 saturated heterocycles. The van der Waals surface area contributed by atoms with Gasteiger partial charge in [0.1, 0.15) is 0 Å². The average molecular weight is 259 g/mol. The smallest absolute Gasteiger partial charge is 0.311 e. The summed E-state index contributed by atoms with van der Waals surface area (Å²) >= 11 is 0. The maximum atomic E-state index is 12.8. The molecule has 1 aromatic rings. The normalized spacial score (nSPS) is 10.6. The van der Waals surface area contributed by atoms with Crippen molar-refractivity contribution in [1.29, 1.82) is 0 Å².